The van der Waals surface area contributed by atoms with E-state index in [0.717, 1.165) is 0 Å². The molecule has 86 valence electrons. The fourth-order valence-corrected chi connectivity index (χ4v) is 2.63. The van der Waals surface area contributed by atoms with Gasteiger partial charge in [-0.1, -0.05) is 60.3 Å². The van der Waals surface area contributed by atoms with E-state index >= 15 is 0 Å². The summed E-state index contributed by atoms with van der Waals surface area (Å²) in [5.74, 6) is 0.694. The molecule has 0 radical (unpaired) electrons. The highest BCUT2D eigenvalue weighted by molar-refractivity contribution is 9.11. The Labute approximate surface area is 103 Å². The van der Waals surface area contributed by atoms with Crippen molar-refractivity contribution in [1.29, 1.82) is 0 Å². The molecule has 0 aromatic heterocycles. The van der Waals surface area contributed by atoms with Gasteiger partial charge in [-0.2, -0.15) is 0 Å². The SMILES string of the molecule is CCCCCC/C(Br)=C/C1C=CCCC1. The topological polar surface area (TPSA) is 0 Å². The molecule has 0 aromatic rings. The number of allylic oxidation sites excluding steroid dienone is 4. The summed E-state index contributed by atoms with van der Waals surface area (Å²) in [6, 6.07) is 0. The molecule has 1 aliphatic rings. The Bertz CT molecular complexity index is 215. The zero-order valence-corrected chi connectivity index (χ0v) is 11.4. The van der Waals surface area contributed by atoms with Crippen LogP contribution in [0.4, 0.5) is 0 Å². The average molecular weight is 271 g/mol. The van der Waals surface area contributed by atoms with E-state index in [4.69, 9.17) is 0 Å². The summed E-state index contributed by atoms with van der Waals surface area (Å²) in [7, 11) is 0. The Hall–Kier alpha value is -0.0400. The highest BCUT2D eigenvalue weighted by atomic mass is 79.9. The molecule has 15 heavy (non-hydrogen) atoms. The summed E-state index contributed by atoms with van der Waals surface area (Å²) in [4.78, 5) is 0. The van der Waals surface area contributed by atoms with Crippen LogP contribution in [0.5, 0.6) is 0 Å². The molecular formula is C14H23Br. The zero-order valence-electron chi connectivity index (χ0n) is 9.84. The van der Waals surface area contributed by atoms with Crippen LogP contribution in [0, 0.1) is 5.92 Å². The zero-order chi connectivity index (χ0) is 10.9. The van der Waals surface area contributed by atoms with Gasteiger partial charge in [0, 0.05) is 0 Å². The Morgan fingerprint density at radius 2 is 2.27 bits per heavy atom. The molecule has 1 rings (SSSR count). The molecule has 1 heteroatoms. The first-order valence-electron chi connectivity index (χ1n) is 6.35. The van der Waals surface area contributed by atoms with Crippen molar-refractivity contribution in [1.82, 2.24) is 0 Å². The molecule has 1 unspecified atom stereocenters. The molecule has 0 amide bonds. The van der Waals surface area contributed by atoms with Gasteiger partial charge in [0.05, 0.1) is 0 Å². The number of hydrogen-bond donors (Lipinski definition) is 0. The van der Waals surface area contributed by atoms with Crippen LogP contribution in [0.2, 0.25) is 0 Å². The third-order valence-corrected chi connectivity index (χ3v) is 3.62. The van der Waals surface area contributed by atoms with E-state index in [0.29, 0.717) is 5.92 Å². The van der Waals surface area contributed by atoms with Crippen molar-refractivity contribution in [3.8, 4) is 0 Å². The Balaban J connectivity index is 2.19. The molecule has 0 aromatic carbocycles. The molecule has 0 saturated heterocycles. The van der Waals surface area contributed by atoms with Gasteiger partial charge in [0.1, 0.15) is 0 Å². The summed E-state index contributed by atoms with van der Waals surface area (Å²) in [6.07, 6.45) is 17.7. The monoisotopic (exact) mass is 270 g/mol. The quantitative estimate of drug-likeness (QED) is 0.436. The number of rotatable bonds is 6. The van der Waals surface area contributed by atoms with Gasteiger partial charge < -0.3 is 0 Å². The van der Waals surface area contributed by atoms with Crippen LogP contribution in [0.25, 0.3) is 0 Å². The molecule has 0 N–H and O–H groups in total. The van der Waals surface area contributed by atoms with E-state index in [1.54, 1.807) is 0 Å². The fraction of sp³-hybridized carbons (Fsp3) is 0.714. The van der Waals surface area contributed by atoms with E-state index in [9.17, 15) is 0 Å². The minimum atomic E-state index is 0.694. The van der Waals surface area contributed by atoms with Gasteiger partial charge >= 0.3 is 0 Å². The van der Waals surface area contributed by atoms with Gasteiger partial charge in [-0.25, -0.2) is 0 Å². The van der Waals surface area contributed by atoms with E-state index < -0.39 is 0 Å². The van der Waals surface area contributed by atoms with Gasteiger partial charge in [0.25, 0.3) is 0 Å². The lowest BCUT2D eigenvalue weighted by Gasteiger charge is -2.12. The minimum Gasteiger partial charge on any atom is -0.0879 e. The van der Waals surface area contributed by atoms with Crippen molar-refractivity contribution < 1.29 is 0 Å². The number of halogens is 1. The van der Waals surface area contributed by atoms with Crippen molar-refractivity contribution >= 4 is 15.9 Å². The van der Waals surface area contributed by atoms with Crippen LogP contribution in [0.1, 0.15) is 58.3 Å². The molecule has 0 nitrogen and oxygen atoms in total. The van der Waals surface area contributed by atoms with Gasteiger partial charge in [0.2, 0.25) is 0 Å². The van der Waals surface area contributed by atoms with Crippen molar-refractivity contribution in [3.05, 3.63) is 22.7 Å². The van der Waals surface area contributed by atoms with Gasteiger partial charge in [0.15, 0.2) is 0 Å². The smallest absolute Gasteiger partial charge is 0.00424 e. The van der Waals surface area contributed by atoms with E-state index in [1.807, 2.05) is 0 Å². The van der Waals surface area contributed by atoms with Crippen molar-refractivity contribution in [2.75, 3.05) is 0 Å². The maximum Gasteiger partial charge on any atom is -0.00424 e. The number of unbranched alkanes of at least 4 members (excludes halogenated alkanes) is 3. The van der Waals surface area contributed by atoms with Crippen LogP contribution >= 0.6 is 15.9 Å². The van der Waals surface area contributed by atoms with Gasteiger partial charge in [-0.05, 0) is 42.5 Å². The van der Waals surface area contributed by atoms with Crippen LogP contribution in [0.15, 0.2) is 22.7 Å². The highest BCUT2D eigenvalue weighted by Gasteiger charge is 2.05. The van der Waals surface area contributed by atoms with E-state index in [-0.39, 0.29) is 0 Å². The molecule has 0 heterocycles. The first-order chi connectivity index (χ1) is 7.33. The van der Waals surface area contributed by atoms with E-state index in [2.05, 4.69) is 41.1 Å². The molecule has 0 aliphatic heterocycles. The van der Waals surface area contributed by atoms with Crippen LogP contribution in [-0.2, 0) is 0 Å². The lowest BCUT2D eigenvalue weighted by molar-refractivity contribution is 0.624. The van der Waals surface area contributed by atoms with Crippen molar-refractivity contribution in [2.24, 2.45) is 5.92 Å². The Morgan fingerprint density at radius 1 is 1.40 bits per heavy atom. The molecular weight excluding hydrogens is 248 g/mol. The fourth-order valence-electron chi connectivity index (χ4n) is 2.01. The predicted octanol–water partition coefficient (Wildman–Crippen LogP) is 5.59. The van der Waals surface area contributed by atoms with Crippen LogP contribution in [0.3, 0.4) is 0 Å². The Morgan fingerprint density at radius 3 is 2.93 bits per heavy atom. The molecule has 0 bridgehead atoms. The Kier molecular flexibility index (Phi) is 7.08. The summed E-state index contributed by atoms with van der Waals surface area (Å²) in [6.45, 7) is 2.26. The average Bonchev–Trinajstić information content (AvgIpc) is 2.26. The summed E-state index contributed by atoms with van der Waals surface area (Å²) >= 11 is 3.69. The maximum absolute atomic E-state index is 3.69. The third-order valence-electron chi connectivity index (χ3n) is 2.96. The number of hydrogen-bond acceptors (Lipinski definition) is 0. The van der Waals surface area contributed by atoms with Crippen molar-refractivity contribution in [2.45, 2.75) is 58.3 Å². The van der Waals surface area contributed by atoms with Gasteiger partial charge in [-0.3, -0.25) is 0 Å². The third kappa shape index (κ3) is 6.19. The van der Waals surface area contributed by atoms with Crippen LogP contribution in [-0.4, -0.2) is 0 Å². The summed E-state index contributed by atoms with van der Waals surface area (Å²) < 4.78 is 1.41. The molecule has 1 aliphatic carbocycles. The molecule has 0 fully saturated rings. The maximum atomic E-state index is 3.69. The van der Waals surface area contributed by atoms with Gasteiger partial charge in [-0.15, -0.1) is 0 Å². The second-order valence-corrected chi connectivity index (χ2v) is 5.47. The lowest BCUT2D eigenvalue weighted by atomic mass is 9.95. The molecule has 0 saturated carbocycles. The second-order valence-electron chi connectivity index (χ2n) is 4.45. The highest BCUT2D eigenvalue weighted by Crippen LogP contribution is 2.24. The summed E-state index contributed by atoms with van der Waals surface area (Å²) in [5.41, 5.74) is 0. The minimum absolute atomic E-state index is 0.694. The van der Waals surface area contributed by atoms with Crippen molar-refractivity contribution in [3.63, 3.8) is 0 Å². The normalized spacial score (nSPS) is 22.0. The standard InChI is InChI=1S/C14H23Br/c1-2-3-4-8-11-14(15)12-13-9-6-5-7-10-13/h6,9,12-13H,2-5,7-8,10-11H2,1H3/b14-12-. The van der Waals surface area contributed by atoms with Crippen LogP contribution < -0.4 is 0 Å². The first-order valence-corrected chi connectivity index (χ1v) is 7.15. The largest absolute Gasteiger partial charge is 0.0879 e. The predicted molar refractivity (Wildman–Crippen MR) is 72.3 cm³/mol. The van der Waals surface area contributed by atoms with E-state index in [1.165, 1.54) is 55.8 Å². The molecule has 0 spiro atoms. The second kappa shape index (κ2) is 8.15. The first kappa shape index (κ1) is 13.0. The molecule has 1 atom stereocenters. The summed E-state index contributed by atoms with van der Waals surface area (Å²) in [5, 5.41) is 0. The lowest BCUT2D eigenvalue weighted by Crippen LogP contribution is -1.97.